The lowest BCUT2D eigenvalue weighted by molar-refractivity contribution is -0.131. The lowest BCUT2D eigenvalue weighted by Crippen LogP contribution is -2.05. The number of esters is 1. The number of rotatable bonds is 5. The number of phenolic OH excluding ortho intramolecular Hbond substituents is 1. The Balaban J connectivity index is 1.97. The zero-order chi connectivity index (χ0) is 20.2. The van der Waals surface area contributed by atoms with Crippen molar-refractivity contribution < 1.29 is 24.1 Å². The van der Waals surface area contributed by atoms with Gasteiger partial charge in [-0.05, 0) is 24.3 Å². The lowest BCUT2D eigenvalue weighted by atomic mass is 10.1. The van der Waals surface area contributed by atoms with E-state index in [0.717, 1.165) is 0 Å². The van der Waals surface area contributed by atoms with E-state index in [1.807, 2.05) is 36.4 Å². The van der Waals surface area contributed by atoms with Crippen LogP contribution in [0, 0.1) is 0 Å². The Hall–Kier alpha value is -3.99. The molecule has 0 unspecified atom stereocenters. The molecule has 0 heterocycles. The molecule has 0 bridgehead atoms. The van der Waals surface area contributed by atoms with Crippen LogP contribution in [-0.4, -0.2) is 11.1 Å². The summed E-state index contributed by atoms with van der Waals surface area (Å²) in [6.07, 6.45) is 0. The van der Waals surface area contributed by atoms with Gasteiger partial charge in [0.2, 0.25) is 11.5 Å². The number of hydrogen-bond acceptors (Lipinski definition) is 5. The third-order valence-corrected chi connectivity index (χ3v) is 4.23. The van der Waals surface area contributed by atoms with Crippen LogP contribution < -0.4 is 14.2 Å². The third-order valence-electron chi connectivity index (χ3n) is 4.23. The van der Waals surface area contributed by atoms with Crippen LogP contribution in [0.25, 0.3) is 10.8 Å². The van der Waals surface area contributed by atoms with E-state index < -0.39 is 5.97 Å². The number of carbonyl (C=O) groups excluding carboxylic acids is 1. The molecule has 1 N–H and O–H groups in total. The molecule has 0 atom stereocenters. The van der Waals surface area contributed by atoms with Crippen molar-refractivity contribution in [3.05, 3.63) is 84.9 Å². The molecule has 0 amide bonds. The maximum Gasteiger partial charge on any atom is 0.308 e. The van der Waals surface area contributed by atoms with Gasteiger partial charge in [-0.1, -0.05) is 60.7 Å². The quantitative estimate of drug-likeness (QED) is 0.334. The van der Waals surface area contributed by atoms with Crippen LogP contribution in [0.15, 0.2) is 84.9 Å². The Morgan fingerprint density at radius 3 is 1.69 bits per heavy atom. The summed E-state index contributed by atoms with van der Waals surface area (Å²) in [5.41, 5.74) is 0. The maximum absolute atomic E-state index is 11.8. The Morgan fingerprint density at radius 2 is 1.14 bits per heavy atom. The molecule has 4 aromatic rings. The van der Waals surface area contributed by atoms with Crippen molar-refractivity contribution in [1.29, 1.82) is 0 Å². The van der Waals surface area contributed by atoms with Gasteiger partial charge in [0.1, 0.15) is 11.5 Å². The second-order valence-corrected chi connectivity index (χ2v) is 6.31. The van der Waals surface area contributed by atoms with Crippen molar-refractivity contribution in [2.24, 2.45) is 0 Å². The second kappa shape index (κ2) is 7.94. The highest BCUT2D eigenvalue weighted by Crippen LogP contribution is 2.53. The predicted molar refractivity (Wildman–Crippen MR) is 110 cm³/mol. The molecule has 0 aliphatic rings. The lowest BCUT2D eigenvalue weighted by Gasteiger charge is -2.19. The van der Waals surface area contributed by atoms with Gasteiger partial charge in [-0.15, -0.1) is 0 Å². The van der Waals surface area contributed by atoms with Crippen LogP contribution in [0.4, 0.5) is 0 Å². The molecule has 144 valence electrons. The minimum Gasteiger partial charge on any atom is -0.504 e. The fourth-order valence-electron chi connectivity index (χ4n) is 2.99. The molecule has 0 radical (unpaired) electrons. The van der Waals surface area contributed by atoms with Crippen LogP contribution in [0.3, 0.4) is 0 Å². The van der Waals surface area contributed by atoms with Crippen molar-refractivity contribution in [3.8, 4) is 34.5 Å². The summed E-state index contributed by atoms with van der Waals surface area (Å²) in [6, 6.07) is 25.1. The van der Waals surface area contributed by atoms with Crippen LogP contribution in [0.5, 0.6) is 34.5 Å². The molecular formula is C24H18O5. The summed E-state index contributed by atoms with van der Waals surface area (Å²) in [6.45, 7) is 1.31. The highest BCUT2D eigenvalue weighted by atomic mass is 16.6. The molecule has 0 saturated heterocycles. The minimum atomic E-state index is -0.510. The standard InChI is InChI=1S/C24H18O5/c1-16(25)27-22-20-15-9-8-14-19(20)21(26)23(28-17-10-4-2-5-11-17)24(22)29-18-12-6-3-7-13-18/h2-15,26H,1H3. The van der Waals surface area contributed by atoms with Crippen LogP contribution in [0.2, 0.25) is 0 Å². The smallest absolute Gasteiger partial charge is 0.308 e. The number of carbonyl (C=O) groups is 1. The van der Waals surface area contributed by atoms with E-state index in [2.05, 4.69) is 0 Å². The first-order chi connectivity index (χ1) is 14.1. The van der Waals surface area contributed by atoms with Crippen LogP contribution >= 0.6 is 0 Å². The van der Waals surface area contributed by atoms with Crippen molar-refractivity contribution >= 4 is 16.7 Å². The fourth-order valence-corrected chi connectivity index (χ4v) is 2.99. The molecule has 0 saturated carbocycles. The van der Waals surface area contributed by atoms with Crippen molar-refractivity contribution in [2.75, 3.05) is 0 Å². The molecule has 29 heavy (non-hydrogen) atoms. The van der Waals surface area contributed by atoms with E-state index in [1.54, 1.807) is 48.5 Å². The molecule has 0 aromatic heterocycles. The number of benzene rings is 4. The first-order valence-electron chi connectivity index (χ1n) is 9.05. The van der Waals surface area contributed by atoms with Gasteiger partial charge in [-0.3, -0.25) is 4.79 Å². The van der Waals surface area contributed by atoms with E-state index in [-0.39, 0.29) is 23.0 Å². The van der Waals surface area contributed by atoms with Gasteiger partial charge in [0.05, 0.1) is 0 Å². The predicted octanol–water partition coefficient (Wildman–Crippen LogP) is 6.06. The first-order valence-corrected chi connectivity index (χ1v) is 9.05. The van der Waals surface area contributed by atoms with Gasteiger partial charge in [0.25, 0.3) is 0 Å². The van der Waals surface area contributed by atoms with Gasteiger partial charge >= 0.3 is 5.97 Å². The zero-order valence-electron chi connectivity index (χ0n) is 15.7. The van der Waals surface area contributed by atoms with Crippen molar-refractivity contribution in [2.45, 2.75) is 6.92 Å². The summed E-state index contributed by atoms with van der Waals surface area (Å²) in [4.78, 5) is 11.8. The van der Waals surface area contributed by atoms with E-state index >= 15 is 0 Å². The van der Waals surface area contributed by atoms with E-state index in [9.17, 15) is 9.90 Å². The highest BCUT2D eigenvalue weighted by Gasteiger charge is 2.25. The monoisotopic (exact) mass is 386 g/mol. The fraction of sp³-hybridized carbons (Fsp3) is 0.0417. The summed E-state index contributed by atoms with van der Waals surface area (Å²) in [7, 11) is 0. The van der Waals surface area contributed by atoms with Gasteiger partial charge in [-0.2, -0.15) is 0 Å². The van der Waals surface area contributed by atoms with Crippen molar-refractivity contribution in [1.82, 2.24) is 0 Å². The topological polar surface area (TPSA) is 65.0 Å². The molecule has 0 fully saturated rings. The molecule has 5 nitrogen and oxygen atoms in total. The van der Waals surface area contributed by atoms with Crippen molar-refractivity contribution in [3.63, 3.8) is 0 Å². The number of phenols is 1. The number of para-hydroxylation sites is 2. The molecule has 4 rings (SSSR count). The largest absolute Gasteiger partial charge is 0.504 e. The minimum absolute atomic E-state index is 0.0648. The van der Waals surface area contributed by atoms with Gasteiger partial charge < -0.3 is 19.3 Å². The third kappa shape index (κ3) is 3.84. The molecule has 5 heteroatoms. The number of aromatic hydroxyl groups is 1. The average Bonchev–Trinajstić information content (AvgIpc) is 2.75. The van der Waals surface area contributed by atoms with Gasteiger partial charge in [-0.25, -0.2) is 0 Å². The molecule has 4 aromatic carbocycles. The molecule has 0 aliphatic carbocycles. The second-order valence-electron chi connectivity index (χ2n) is 6.31. The Bertz CT molecular complexity index is 1150. The summed E-state index contributed by atoms with van der Waals surface area (Å²) in [5.74, 6) is 0.760. The van der Waals surface area contributed by atoms with Gasteiger partial charge in [0, 0.05) is 17.7 Å². The normalized spacial score (nSPS) is 10.5. The van der Waals surface area contributed by atoms with E-state index in [1.165, 1.54) is 6.92 Å². The molecule has 0 aliphatic heterocycles. The Morgan fingerprint density at radius 1 is 0.655 bits per heavy atom. The van der Waals surface area contributed by atoms with E-state index in [0.29, 0.717) is 22.3 Å². The summed E-state index contributed by atoms with van der Waals surface area (Å²) >= 11 is 0. The Kier molecular flexibility index (Phi) is 5.03. The Labute approximate surface area is 167 Å². The van der Waals surface area contributed by atoms with Crippen LogP contribution in [-0.2, 0) is 4.79 Å². The van der Waals surface area contributed by atoms with Crippen LogP contribution in [0.1, 0.15) is 6.92 Å². The number of hydrogen-bond donors (Lipinski definition) is 1. The molecule has 0 spiro atoms. The average molecular weight is 386 g/mol. The number of ether oxygens (including phenoxy) is 3. The summed E-state index contributed by atoms with van der Waals surface area (Å²) < 4.78 is 17.5. The summed E-state index contributed by atoms with van der Waals surface area (Å²) in [5, 5.41) is 12.0. The SMILES string of the molecule is CC(=O)Oc1c(Oc2ccccc2)c(Oc2ccccc2)c(O)c2ccccc12. The van der Waals surface area contributed by atoms with E-state index in [4.69, 9.17) is 14.2 Å². The maximum atomic E-state index is 11.8. The zero-order valence-corrected chi connectivity index (χ0v) is 15.7. The number of fused-ring (bicyclic) bond motifs is 1. The molecular weight excluding hydrogens is 368 g/mol. The highest BCUT2D eigenvalue weighted by molar-refractivity contribution is 6.00. The first kappa shape index (κ1) is 18.4. The van der Waals surface area contributed by atoms with Gasteiger partial charge in [0.15, 0.2) is 11.5 Å².